The molecule has 0 amide bonds. The molecule has 1 rings (SSSR count). The van der Waals surface area contributed by atoms with E-state index in [1.807, 2.05) is 0 Å². The van der Waals surface area contributed by atoms with E-state index in [1.54, 1.807) is 0 Å². The molecule has 84 valence electrons. The zero-order chi connectivity index (χ0) is 11.3. The Balaban J connectivity index is 2.56. The topological polar surface area (TPSA) is 18.5 Å². The van der Waals surface area contributed by atoms with Gasteiger partial charge in [-0.2, -0.15) is 0 Å². The van der Waals surface area contributed by atoms with E-state index in [2.05, 4.69) is 20.7 Å². The molecule has 0 radical (unpaired) electrons. The summed E-state index contributed by atoms with van der Waals surface area (Å²) >= 11 is 3.16. The lowest BCUT2D eigenvalue weighted by Crippen LogP contribution is -2.16. The standard InChI is InChI=1S/C9H8BrF3O2/c10-5-6-14-7-1-3-8(4-2-7)15-9(11,12)13/h1-4H,5-6H2. The van der Waals surface area contributed by atoms with Crippen molar-refractivity contribution in [2.45, 2.75) is 6.36 Å². The molecule has 0 aliphatic rings. The van der Waals surface area contributed by atoms with Crippen LogP contribution in [-0.4, -0.2) is 18.3 Å². The van der Waals surface area contributed by atoms with E-state index in [9.17, 15) is 13.2 Å². The number of benzene rings is 1. The molecule has 0 spiro atoms. The Morgan fingerprint density at radius 2 is 1.60 bits per heavy atom. The maximum atomic E-state index is 11.8. The first-order chi connectivity index (χ1) is 7.01. The van der Waals surface area contributed by atoms with E-state index >= 15 is 0 Å². The van der Waals surface area contributed by atoms with Gasteiger partial charge in [0.1, 0.15) is 11.5 Å². The van der Waals surface area contributed by atoms with E-state index in [-0.39, 0.29) is 5.75 Å². The molecule has 15 heavy (non-hydrogen) atoms. The minimum atomic E-state index is -4.65. The molecular weight excluding hydrogens is 277 g/mol. The lowest BCUT2D eigenvalue weighted by atomic mass is 10.3. The molecule has 0 bridgehead atoms. The van der Waals surface area contributed by atoms with Gasteiger partial charge in [0.05, 0.1) is 6.61 Å². The zero-order valence-corrected chi connectivity index (χ0v) is 9.14. The van der Waals surface area contributed by atoms with Gasteiger partial charge in [-0.25, -0.2) is 0 Å². The predicted molar refractivity (Wildman–Crippen MR) is 52.4 cm³/mol. The van der Waals surface area contributed by atoms with Crippen LogP contribution >= 0.6 is 15.9 Å². The lowest BCUT2D eigenvalue weighted by Gasteiger charge is -2.09. The summed E-state index contributed by atoms with van der Waals surface area (Å²) in [5.74, 6) is 0.248. The van der Waals surface area contributed by atoms with Crippen molar-refractivity contribution < 1.29 is 22.6 Å². The lowest BCUT2D eigenvalue weighted by molar-refractivity contribution is -0.274. The van der Waals surface area contributed by atoms with Crippen LogP contribution in [0.1, 0.15) is 0 Å². The Hall–Kier alpha value is -0.910. The highest BCUT2D eigenvalue weighted by molar-refractivity contribution is 9.09. The molecule has 1 aromatic carbocycles. The van der Waals surface area contributed by atoms with E-state index in [0.29, 0.717) is 17.7 Å². The molecule has 0 aliphatic carbocycles. The number of halogens is 4. The second kappa shape index (κ2) is 5.25. The monoisotopic (exact) mass is 284 g/mol. The Morgan fingerprint density at radius 1 is 1.07 bits per heavy atom. The van der Waals surface area contributed by atoms with E-state index in [4.69, 9.17) is 4.74 Å². The van der Waals surface area contributed by atoms with Gasteiger partial charge in [-0.15, -0.1) is 13.2 Å². The van der Waals surface area contributed by atoms with Crippen molar-refractivity contribution >= 4 is 15.9 Å². The molecule has 0 saturated carbocycles. The maximum absolute atomic E-state index is 11.8. The summed E-state index contributed by atoms with van der Waals surface area (Å²) in [7, 11) is 0. The summed E-state index contributed by atoms with van der Waals surface area (Å²) in [6.45, 7) is 0.458. The smallest absolute Gasteiger partial charge is 0.493 e. The van der Waals surface area contributed by atoms with Crippen LogP contribution in [-0.2, 0) is 0 Å². The predicted octanol–water partition coefficient (Wildman–Crippen LogP) is 3.36. The van der Waals surface area contributed by atoms with Crippen molar-refractivity contribution in [3.63, 3.8) is 0 Å². The number of alkyl halides is 4. The molecule has 0 N–H and O–H groups in total. The van der Waals surface area contributed by atoms with Crippen LogP contribution in [0.15, 0.2) is 24.3 Å². The third kappa shape index (κ3) is 4.92. The van der Waals surface area contributed by atoms with Crippen LogP contribution < -0.4 is 9.47 Å². The third-order valence-corrected chi connectivity index (χ3v) is 1.73. The highest BCUT2D eigenvalue weighted by Gasteiger charge is 2.30. The van der Waals surface area contributed by atoms with Gasteiger partial charge in [0.2, 0.25) is 0 Å². The first-order valence-corrected chi connectivity index (χ1v) is 5.18. The molecule has 1 aromatic rings. The summed E-state index contributed by atoms with van der Waals surface area (Å²) in [4.78, 5) is 0. The van der Waals surface area contributed by atoms with Gasteiger partial charge >= 0.3 is 6.36 Å². The summed E-state index contributed by atoms with van der Waals surface area (Å²) in [5.41, 5.74) is 0. The second-order valence-corrected chi connectivity index (χ2v) is 3.35. The van der Waals surface area contributed by atoms with Crippen LogP contribution in [0.4, 0.5) is 13.2 Å². The largest absolute Gasteiger partial charge is 0.573 e. The number of ether oxygens (including phenoxy) is 2. The normalized spacial score (nSPS) is 11.2. The molecule has 0 aliphatic heterocycles. The zero-order valence-electron chi connectivity index (χ0n) is 7.55. The fraction of sp³-hybridized carbons (Fsp3) is 0.333. The summed E-state index contributed by atoms with van der Waals surface area (Å²) in [6, 6.07) is 5.25. The van der Waals surface area contributed by atoms with E-state index < -0.39 is 6.36 Å². The molecule has 2 nitrogen and oxygen atoms in total. The quantitative estimate of drug-likeness (QED) is 0.790. The van der Waals surface area contributed by atoms with Gasteiger partial charge in [-0.1, -0.05) is 15.9 Å². The van der Waals surface area contributed by atoms with Crippen LogP contribution in [0.3, 0.4) is 0 Å². The Labute approximate surface area is 93.1 Å². The first kappa shape index (κ1) is 12.2. The van der Waals surface area contributed by atoms with Crippen molar-refractivity contribution in [2.75, 3.05) is 11.9 Å². The highest BCUT2D eigenvalue weighted by atomic mass is 79.9. The van der Waals surface area contributed by atoms with Crippen LogP contribution in [0, 0.1) is 0 Å². The van der Waals surface area contributed by atoms with Gasteiger partial charge in [0.25, 0.3) is 0 Å². The van der Waals surface area contributed by atoms with E-state index in [0.717, 1.165) is 0 Å². The maximum Gasteiger partial charge on any atom is 0.573 e. The number of hydrogen-bond acceptors (Lipinski definition) is 2. The molecule has 0 fully saturated rings. The molecule has 0 saturated heterocycles. The highest BCUT2D eigenvalue weighted by Crippen LogP contribution is 2.24. The minimum absolute atomic E-state index is 0.256. The average Bonchev–Trinajstić information content (AvgIpc) is 2.14. The minimum Gasteiger partial charge on any atom is -0.493 e. The van der Waals surface area contributed by atoms with Gasteiger partial charge in [0.15, 0.2) is 0 Å². The second-order valence-electron chi connectivity index (χ2n) is 2.56. The van der Waals surface area contributed by atoms with Gasteiger partial charge in [0, 0.05) is 5.33 Å². The number of hydrogen-bond donors (Lipinski definition) is 0. The van der Waals surface area contributed by atoms with Crippen LogP contribution in [0.5, 0.6) is 11.5 Å². The van der Waals surface area contributed by atoms with Crippen molar-refractivity contribution in [1.82, 2.24) is 0 Å². The van der Waals surface area contributed by atoms with Crippen LogP contribution in [0.25, 0.3) is 0 Å². The molecule has 6 heteroatoms. The molecule has 0 aromatic heterocycles. The van der Waals surface area contributed by atoms with Crippen molar-refractivity contribution in [2.24, 2.45) is 0 Å². The van der Waals surface area contributed by atoms with Gasteiger partial charge in [-0.3, -0.25) is 0 Å². The van der Waals surface area contributed by atoms with Crippen molar-refractivity contribution in [3.8, 4) is 11.5 Å². The molecule has 0 heterocycles. The van der Waals surface area contributed by atoms with Crippen molar-refractivity contribution in [3.05, 3.63) is 24.3 Å². The third-order valence-electron chi connectivity index (χ3n) is 1.40. The molecule has 0 atom stereocenters. The first-order valence-electron chi connectivity index (χ1n) is 4.06. The SMILES string of the molecule is FC(F)(F)Oc1ccc(OCCBr)cc1. The average molecular weight is 285 g/mol. The van der Waals surface area contributed by atoms with E-state index in [1.165, 1.54) is 24.3 Å². The Morgan fingerprint density at radius 3 is 2.07 bits per heavy atom. The molecule has 0 unspecified atom stereocenters. The summed E-state index contributed by atoms with van der Waals surface area (Å²) in [6.07, 6.45) is -4.65. The summed E-state index contributed by atoms with van der Waals surface area (Å²) in [5, 5.41) is 0.661. The Bertz CT molecular complexity index is 297. The Kier molecular flexibility index (Phi) is 4.26. The molecular formula is C9H8BrF3O2. The number of rotatable bonds is 4. The van der Waals surface area contributed by atoms with Gasteiger partial charge < -0.3 is 9.47 Å². The van der Waals surface area contributed by atoms with Crippen LogP contribution in [0.2, 0.25) is 0 Å². The summed E-state index contributed by atoms with van der Waals surface area (Å²) < 4.78 is 44.2. The fourth-order valence-corrected chi connectivity index (χ4v) is 1.06. The fourth-order valence-electron chi connectivity index (χ4n) is 0.894. The van der Waals surface area contributed by atoms with Crippen molar-refractivity contribution in [1.29, 1.82) is 0 Å². The van der Waals surface area contributed by atoms with Gasteiger partial charge in [-0.05, 0) is 24.3 Å².